The number of fused-ring (bicyclic) bond motifs is 1. The highest BCUT2D eigenvalue weighted by atomic mass is 35.5. The molecule has 18 heavy (non-hydrogen) atoms. The number of benzene rings is 1. The molecule has 0 spiro atoms. The monoisotopic (exact) mass is 277 g/mol. The van der Waals surface area contributed by atoms with Crippen molar-refractivity contribution in [3.05, 3.63) is 23.2 Å². The summed E-state index contributed by atoms with van der Waals surface area (Å²) in [4.78, 5) is 4.07. The Morgan fingerprint density at radius 3 is 2.72 bits per heavy atom. The number of nitrogens with zero attached hydrogens (tertiary/aromatic N) is 2. The number of hydrogen-bond donors (Lipinski definition) is 1. The number of alkyl halides is 3. The molecule has 0 bridgehead atoms. The summed E-state index contributed by atoms with van der Waals surface area (Å²) >= 11 is 5.84. The van der Waals surface area contributed by atoms with E-state index in [-0.39, 0.29) is 18.9 Å². The van der Waals surface area contributed by atoms with Gasteiger partial charge in [0.15, 0.2) is 0 Å². The number of imidazole rings is 1. The second-order valence-electron chi connectivity index (χ2n) is 3.97. The molecule has 0 aliphatic heterocycles. The molecule has 3 nitrogen and oxygen atoms in total. The van der Waals surface area contributed by atoms with Crippen LogP contribution in [0, 0.1) is 0 Å². The molecule has 0 saturated carbocycles. The van der Waals surface area contributed by atoms with E-state index in [1.807, 2.05) is 0 Å². The summed E-state index contributed by atoms with van der Waals surface area (Å²) in [6, 6.07) is 5.00. The van der Waals surface area contributed by atoms with Crippen LogP contribution < -0.4 is 5.73 Å². The maximum atomic E-state index is 12.1. The Labute approximate surface area is 106 Å². The van der Waals surface area contributed by atoms with Gasteiger partial charge in [-0.2, -0.15) is 13.2 Å². The molecule has 0 amide bonds. The van der Waals surface area contributed by atoms with E-state index in [9.17, 15) is 13.2 Å². The molecule has 2 aromatic rings. The lowest BCUT2D eigenvalue weighted by atomic mass is 10.3. The van der Waals surface area contributed by atoms with Crippen LogP contribution in [0.5, 0.6) is 0 Å². The van der Waals surface area contributed by atoms with E-state index in [2.05, 4.69) is 4.98 Å². The third-order valence-electron chi connectivity index (χ3n) is 2.58. The van der Waals surface area contributed by atoms with Gasteiger partial charge in [-0.1, -0.05) is 11.6 Å². The van der Waals surface area contributed by atoms with Crippen LogP contribution in [0.1, 0.15) is 12.8 Å². The Morgan fingerprint density at radius 2 is 2.06 bits per heavy atom. The van der Waals surface area contributed by atoms with E-state index in [1.165, 1.54) is 0 Å². The third kappa shape index (κ3) is 2.87. The van der Waals surface area contributed by atoms with E-state index in [4.69, 9.17) is 17.3 Å². The normalized spacial score (nSPS) is 12.2. The summed E-state index contributed by atoms with van der Waals surface area (Å²) in [5.41, 5.74) is 6.96. The lowest BCUT2D eigenvalue weighted by Gasteiger charge is -2.08. The number of nitrogen functional groups attached to an aromatic ring is 1. The first-order valence-electron chi connectivity index (χ1n) is 5.35. The fourth-order valence-corrected chi connectivity index (χ4v) is 1.95. The van der Waals surface area contributed by atoms with Crippen molar-refractivity contribution in [2.45, 2.75) is 25.6 Å². The van der Waals surface area contributed by atoms with Crippen molar-refractivity contribution in [2.24, 2.45) is 0 Å². The molecule has 1 aromatic heterocycles. The fraction of sp³-hybridized carbons (Fsp3) is 0.364. The van der Waals surface area contributed by atoms with E-state index in [1.54, 1.807) is 22.8 Å². The van der Waals surface area contributed by atoms with Crippen LogP contribution in [0.3, 0.4) is 0 Å². The quantitative estimate of drug-likeness (QED) is 0.931. The predicted octanol–water partition coefficient (Wildman–Crippen LogP) is 3.61. The highest BCUT2D eigenvalue weighted by molar-refractivity contribution is 6.31. The lowest BCUT2D eigenvalue weighted by Crippen LogP contribution is -2.10. The Morgan fingerprint density at radius 1 is 1.33 bits per heavy atom. The van der Waals surface area contributed by atoms with E-state index >= 15 is 0 Å². The molecular formula is C11H11ClF3N3. The van der Waals surface area contributed by atoms with Crippen LogP contribution in [0.2, 0.25) is 5.02 Å². The first-order chi connectivity index (χ1) is 8.37. The number of anilines is 1. The second-order valence-corrected chi connectivity index (χ2v) is 4.41. The molecule has 0 radical (unpaired) electrons. The predicted molar refractivity (Wildman–Crippen MR) is 64.4 cm³/mol. The van der Waals surface area contributed by atoms with Gasteiger partial charge in [-0.15, -0.1) is 0 Å². The Bertz CT molecular complexity index is 562. The van der Waals surface area contributed by atoms with Crippen molar-refractivity contribution in [1.29, 1.82) is 0 Å². The number of aryl methyl sites for hydroxylation is 1. The van der Waals surface area contributed by atoms with Crippen molar-refractivity contribution in [2.75, 3.05) is 5.73 Å². The van der Waals surface area contributed by atoms with Gasteiger partial charge in [-0.25, -0.2) is 4.98 Å². The molecule has 0 unspecified atom stereocenters. The number of halogens is 4. The van der Waals surface area contributed by atoms with Crippen molar-refractivity contribution < 1.29 is 13.2 Å². The summed E-state index contributed by atoms with van der Waals surface area (Å²) in [5.74, 6) is 0.203. The highest BCUT2D eigenvalue weighted by Gasteiger charge is 2.26. The summed E-state index contributed by atoms with van der Waals surface area (Å²) in [6.45, 7) is 0.169. The topological polar surface area (TPSA) is 43.8 Å². The van der Waals surface area contributed by atoms with Crippen molar-refractivity contribution in [3.63, 3.8) is 0 Å². The molecule has 1 aromatic carbocycles. The molecule has 0 aliphatic carbocycles. The zero-order valence-corrected chi connectivity index (χ0v) is 10.1. The molecule has 0 atom stereocenters. The van der Waals surface area contributed by atoms with Gasteiger partial charge >= 0.3 is 6.18 Å². The van der Waals surface area contributed by atoms with Crippen LogP contribution in [-0.2, 0) is 6.54 Å². The minimum atomic E-state index is -4.15. The van der Waals surface area contributed by atoms with Crippen LogP contribution in [0.15, 0.2) is 18.2 Å². The zero-order valence-electron chi connectivity index (χ0n) is 9.34. The summed E-state index contributed by atoms with van der Waals surface area (Å²) < 4.78 is 37.8. The van der Waals surface area contributed by atoms with E-state index < -0.39 is 12.6 Å². The molecule has 0 fully saturated rings. The van der Waals surface area contributed by atoms with Gasteiger partial charge < -0.3 is 10.3 Å². The third-order valence-corrected chi connectivity index (χ3v) is 2.82. The Kier molecular flexibility index (Phi) is 3.38. The Balaban J connectivity index is 2.22. The molecular weight excluding hydrogens is 267 g/mol. The van der Waals surface area contributed by atoms with Crippen LogP contribution in [0.4, 0.5) is 19.1 Å². The van der Waals surface area contributed by atoms with Gasteiger partial charge in [0, 0.05) is 18.0 Å². The van der Waals surface area contributed by atoms with Gasteiger partial charge in [0.25, 0.3) is 0 Å². The molecule has 2 rings (SSSR count). The van der Waals surface area contributed by atoms with Crippen molar-refractivity contribution in [1.82, 2.24) is 9.55 Å². The molecule has 2 N–H and O–H groups in total. The standard InChI is InChI=1S/C11H11ClF3N3/c12-7-2-3-8-9(6-7)18(10(16)17-8)5-1-4-11(13,14)15/h2-3,6H,1,4-5H2,(H2,16,17). The van der Waals surface area contributed by atoms with Crippen molar-refractivity contribution in [3.8, 4) is 0 Å². The maximum absolute atomic E-state index is 12.1. The van der Waals surface area contributed by atoms with Gasteiger partial charge in [-0.3, -0.25) is 0 Å². The molecule has 7 heteroatoms. The van der Waals surface area contributed by atoms with E-state index in [0.29, 0.717) is 16.1 Å². The maximum Gasteiger partial charge on any atom is 0.389 e. The summed E-state index contributed by atoms with van der Waals surface area (Å²) in [7, 11) is 0. The number of hydrogen-bond acceptors (Lipinski definition) is 2. The average Bonchev–Trinajstić information content (AvgIpc) is 2.54. The van der Waals surface area contributed by atoms with Gasteiger partial charge in [0.1, 0.15) is 0 Å². The van der Waals surface area contributed by atoms with Crippen molar-refractivity contribution >= 4 is 28.6 Å². The smallest absolute Gasteiger partial charge is 0.369 e. The lowest BCUT2D eigenvalue weighted by molar-refractivity contribution is -0.135. The van der Waals surface area contributed by atoms with Crippen LogP contribution in [0.25, 0.3) is 11.0 Å². The molecule has 1 heterocycles. The number of aromatic nitrogens is 2. The van der Waals surface area contributed by atoms with E-state index in [0.717, 1.165) is 0 Å². The molecule has 0 saturated heterocycles. The van der Waals surface area contributed by atoms with Crippen LogP contribution in [-0.4, -0.2) is 15.7 Å². The SMILES string of the molecule is Nc1nc2ccc(Cl)cc2n1CCCC(F)(F)F. The van der Waals surface area contributed by atoms with Gasteiger partial charge in [0.2, 0.25) is 5.95 Å². The van der Waals surface area contributed by atoms with Gasteiger partial charge in [0.05, 0.1) is 11.0 Å². The minimum absolute atomic E-state index is 0.0360. The Hall–Kier alpha value is -1.43. The largest absolute Gasteiger partial charge is 0.389 e. The summed E-state index contributed by atoms with van der Waals surface area (Å²) in [5, 5.41) is 0.500. The first-order valence-corrected chi connectivity index (χ1v) is 5.72. The highest BCUT2D eigenvalue weighted by Crippen LogP contribution is 2.25. The van der Waals surface area contributed by atoms with Gasteiger partial charge in [-0.05, 0) is 24.6 Å². The molecule has 98 valence electrons. The minimum Gasteiger partial charge on any atom is -0.369 e. The zero-order chi connectivity index (χ0) is 13.3. The fourth-order valence-electron chi connectivity index (χ4n) is 1.79. The second kappa shape index (κ2) is 4.68. The van der Waals surface area contributed by atoms with Crippen LogP contribution >= 0.6 is 11.6 Å². The average molecular weight is 278 g/mol. The summed E-state index contributed by atoms with van der Waals surface area (Å²) in [6.07, 6.45) is -5.03. The number of nitrogens with two attached hydrogens (primary N) is 1. The number of rotatable bonds is 3. The molecule has 0 aliphatic rings. The first kappa shape index (κ1) is 13.0.